The Hall–Kier alpha value is -2.84. The summed E-state index contributed by atoms with van der Waals surface area (Å²) in [4.78, 5) is 13.4. The largest absolute Gasteiger partial charge is 0.490 e. The second kappa shape index (κ2) is 5.88. The van der Waals surface area contributed by atoms with E-state index in [1.54, 1.807) is 0 Å². The number of aromatic nitrogens is 1. The minimum absolute atomic E-state index is 0.0208. The number of nitro benzene ring substituents is 1. The van der Waals surface area contributed by atoms with E-state index in [1.165, 1.54) is 19.2 Å². The van der Waals surface area contributed by atoms with Gasteiger partial charge in [0.1, 0.15) is 17.2 Å². The van der Waals surface area contributed by atoms with E-state index in [2.05, 4.69) is 4.98 Å². The number of ether oxygens (including phenoxy) is 2. The second-order valence-electron chi connectivity index (χ2n) is 4.07. The smallest absolute Gasteiger partial charge is 0.433 e. The molecule has 0 saturated carbocycles. The highest BCUT2D eigenvalue weighted by atomic mass is 19.4. The molecular weight excluding hydrogens is 305 g/mol. The zero-order valence-corrected chi connectivity index (χ0v) is 11.1. The monoisotopic (exact) mass is 314 g/mol. The van der Waals surface area contributed by atoms with Crippen LogP contribution >= 0.6 is 0 Å². The molecule has 0 aliphatic carbocycles. The first kappa shape index (κ1) is 15.5. The van der Waals surface area contributed by atoms with Crippen LogP contribution in [0.3, 0.4) is 0 Å². The number of benzene rings is 1. The molecule has 1 aromatic heterocycles. The van der Waals surface area contributed by atoms with Gasteiger partial charge in [-0.05, 0) is 24.3 Å². The van der Waals surface area contributed by atoms with E-state index in [0.29, 0.717) is 0 Å². The maximum atomic E-state index is 12.4. The van der Waals surface area contributed by atoms with E-state index in [-0.39, 0.29) is 22.9 Å². The summed E-state index contributed by atoms with van der Waals surface area (Å²) in [5.41, 5.74) is -1.37. The van der Waals surface area contributed by atoms with Crippen molar-refractivity contribution in [2.75, 3.05) is 7.11 Å². The quantitative estimate of drug-likeness (QED) is 0.633. The molecule has 0 unspecified atom stereocenters. The van der Waals surface area contributed by atoms with Crippen LogP contribution in [-0.2, 0) is 6.18 Å². The predicted molar refractivity (Wildman–Crippen MR) is 69.0 cm³/mol. The van der Waals surface area contributed by atoms with Gasteiger partial charge in [-0.3, -0.25) is 10.1 Å². The normalized spacial score (nSPS) is 11.1. The molecule has 2 rings (SSSR count). The summed E-state index contributed by atoms with van der Waals surface area (Å²) in [7, 11) is 1.28. The molecule has 0 aliphatic heterocycles. The average Bonchev–Trinajstić information content (AvgIpc) is 2.46. The number of nitrogens with zero attached hydrogens (tertiary/aromatic N) is 2. The lowest BCUT2D eigenvalue weighted by molar-refractivity contribution is -0.385. The Morgan fingerprint density at radius 3 is 2.36 bits per heavy atom. The molecule has 0 bridgehead atoms. The lowest BCUT2D eigenvalue weighted by Gasteiger charge is -2.09. The fraction of sp³-hybridized carbons (Fsp3) is 0.154. The van der Waals surface area contributed by atoms with Crippen molar-refractivity contribution in [3.05, 3.63) is 52.3 Å². The van der Waals surface area contributed by atoms with Crippen LogP contribution in [0, 0.1) is 10.1 Å². The predicted octanol–water partition coefficient (Wildman–Crippen LogP) is 3.81. The molecule has 0 spiro atoms. The van der Waals surface area contributed by atoms with Gasteiger partial charge in [-0.1, -0.05) is 0 Å². The van der Waals surface area contributed by atoms with Gasteiger partial charge in [0.25, 0.3) is 0 Å². The zero-order valence-electron chi connectivity index (χ0n) is 11.1. The molecule has 0 radical (unpaired) electrons. The molecule has 0 fully saturated rings. The molecule has 0 amide bonds. The Labute approximate surface area is 122 Å². The van der Waals surface area contributed by atoms with E-state index >= 15 is 0 Å². The summed E-state index contributed by atoms with van der Waals surface area (Å²) in [6.45, 7) is 0. The van der Waals surface area contributed by atoms with Crippen molar-refractivity contribution >= 4 is 5.69 Å². The summed E-state index contributed by atoms with van der Waals surface area (Å²) < 4.78 is 47.2. The Bertz CT molecular complexity index is 687. The molecule has 22 heavy (non-hydrogen) atoms. The number of nitro groups is 1. The number of rotatable bonds is 4. The lowest BCUT2D eigenvalue weighted by atomic mass is 10.2. The van der Waals surface area contributed by atoms with E-state index < -0.39 is 16.8 Å². The summed E-state index contributed by atoms with van der Waals surface area (Å²) in [5.74, 6) is 0.143. The van der Waals surface area contributed by atoms with E-state index in [9.17, 15) is 23.3 Å². The van der Waals surface area contributed by atoms with Crippen LogP contribution in [0.1, 0.15) is 5.69 Å². The van der Waals surface area contributed by atoms with Crippen LogP contribution in [0.5, 0.6) is 17.2 Å². The maximum absolute atomic E-state index is 12.4. The van der Waals surface area contributed by atoms with Crippen LogP contribution in [0.4, 0.5) is 18.9 Å². The lowest BCUT2D eigenvalue weighted by Crippen LogP contribution is -2.07. The van der Waals surface area contributed by atoms with Gasteiger partial charge in [0.05, 0.1) is 24.3 Å². The van der Waals surface area contributed by atoms with Gasteiger partial charge in [0, 0.05) is 0 Å². The number of hydrogen-bond donors (Lipinski definition) is 0. The zero-order chi connectivity index (χ0) is 16.3. The van der Waals surface area contributed by atoms with Gasteiger partial charge in [0.2, 0.25) is 0 Å². The minimum Gasteiger partial charge on any atom is -0.490 e. The molecule has 6 nitrogen and oxygen atoms in total. The Morgan fingerprint density at radius 2 is 1.86 bits per heavy atom. The summed E-state index contributed by atoms with van der Waals surface area (Å²) >= 11 is 0. The van der Waals surface area contributed by atoms with Gasteiger partial charge in [0.15, 0.2) is 5.75 Å². The highest BCUT2D eigenvalue weighted by molar-refractivity contribution is 5.51. The third kappa shape index (κ3) is 3.43. The molecule has 0 N–H and O–H groups in total. The third-order valence-electron chi connectivity index (χ3n) is 2.61. The Morgan fingerprint density at radius 1 is 1.18 bits per heavy atom. The Kier molecular flexibility index (Phi) is 4.15. The number of pyridine rings is 1. The van der Waals surface area contributed by atoms with E-state index in [4.69, 9.17) is 9.47 Å². The number of methoxy groups -OCH3 is 1. The van der Waals surface area contributed by atoms with Crippen LogP contribution in [0.2, 0.25) is 0 Å². The summed E-state index contributed by atoms with van der Waals surface area (Å²) in [5, 5.41) is 10.9. The van der Waals surface area contributed by atoms with Gasteiger partial charge >= 0.3 is 11.9 Å². The minimum atomic E-state index is -4.54. The van der Waals surface area contributed by atoms with E-state index in [0.717, 1.165) is 24.4 Å². The molecule has 116 valence electrons. The number of hydrogen-bond acceptors (Lipinski definition) is 5. The third-order valence-corrected chi connectivity index (χ3v) is 2.61. The number of halogens is 3. The van der Waals surface area contributed by atoms with Crippen molar-refractivity contribution < 1.29 is 27.6 Å². The van der Waals surface area contributed by atoms with E-state index in [1.807, 2.05) is 0 Å². The van der Waals surface area contributed by atoms with Crippen molar-refractivity contribution in [1.82, 2.24) is 4.98 Å². The van der Waals surface area contributed by atoms with Crippen LogP contribution < -0.4 is 9.47 Å². The van der Waals surface area contributed by atoms with Crippen LogP contribution in [0.15, 0.2) is 36.5 Å². The topological polar surface area (TPSA) is 74.5 Å². The Balaban J connectivity index is 2.24. The highest BCUT2D eigenvalue weighted by Crippen LogP contribution is 2.33. The number of alkyl halides is 3. The average molecular weight is 314 g/mol. The molecule has 0 saturated heterocycles. The van der Waals surface area contributed by atoms with Crippen molar-refractivity contribution in [2.24, 2.45) is 0 Å². The van der Waals surface area contributed by atoms with Crippen molar-refractivity contribution in [3.63, 3.8) is 0 Å². The summed E-state index contributed by atoms with van der Waals surface area (Å²) in [6.07, 6.45) is -3.66. The van der Waals surface area contributed by atoms with Crippen molar-refractivity contribution in [2.45, 2.75) is 6.18 Å². The first-order valence-electron chi connectivity index (χ1n) is 5.85. The molecule has 0 atom stereocenters. The molecule has 2 aromatic rings. The fourth-order valence-corrected chi connectivity index (χ4v) is 1.62. The summed E-state index contributed by atoms with van der Waals surface area (Å²) in [6, 6.07) is 5.66. The molecule has 1 heterocycles. The first-order chi connectivity index (χ1) is 10.3. The molecule has 0 aliphatic rings. The molecule has 9 heteroatoms. The van der Waals surface area contributed by atoms with Crippen molar-refractivity contribution in [3.8, 4) is 17.2 Å². The van der Waals surface area contributed by atoms with Crippen molar-refractivity contribution in [1.29, 1.82) is 0 Å². The van der Waals surface area contributed by atoms with Gasteiger partial charge < -0.3 is 9.47 Å². The first-order valence-corrected chi connectivity index (χ1v) is 5.85. The standard InChI is InChI=1S/C13H9F3N2O4/c1-21-11-4-2-8(6-10(11)18(19)20)22-9-3-5-12(17-7-9)13(14,15)16/h2-7H,1H3. The highest BCUT2D eigenvalue weighted by Gasteiger charge is 2.32. The SMILES string of the molecule is COc1ccc(Oc2ccc(C(F)(F)F)nc2)cc1[N+](=O)[O-]. The van der Waals surface area contributed by atoms with Gasteiger partial charge in [-0.2, -0.15) is 13.2 Å². The maximum Gasteiger partial charge on any atom is 0.433 e. The fourth-order valence-electron chi connectivity index (χ4n) is 1.62. The molecular formula is C13H9F3N2O4. The molecule has 1 aromatic carbocycles. The second-order valence-corrected chi connectivity index (χ2v) is 4.07. The van der Waals surface area contributed by atoms with Crippen LogP contribution in [-0.4, -0.2) is 17.0 Å². The van der Waals surface area contributed by atoms with Gasteiger partial charge in [-0.15, -0.1) is 0 Å². The van der Waals surface area contributed by atoms with Gasteiger partial charge in [-0.25, -0.2) is 4.98 Å². The van der Waals surface area contributed by atoms with Crippen LogP contribution in [0.25, 0.3) is 0 Å².